The Kier molecular flexibility index (Phi) is 6.71. The summed E-state index contributed by atoms with van der Waals surface area (Å²) in [6.45, 7) is 2.99. The zero-order chi connectivity index (χ0) is 20.6. The maximum atomic E-state index is 12.5. The van der Waals surface area contributed by atoms with E-state index < -0.39 is 4.92 Å². The molecule has 6 heteroatoms. The average Bonchev–Trinajstić information content (AvgIpc) is 2.73. The van der Waals surface area contributed by atoms with Crippen molar-refractivity contribution < 1.29 is 14.5 Å². The third-order valence-corrected chi connectivity index (χ3v) is 4.59. The molecule has 3 aromatic rings. The number of aryl methyl sites for hydroxylation is 1. The van der Waals surface area contributed by atoms with Crippen LogP contribution in [0.25, 0.3) is 0 Å². The van der Waals surface area contributed by atoms with E-state index in [4.69, 9.17) is 4.74 Å². The zero-order valence-electron chi connectivity index (χ0n) is 16.1. The summed E-state index contributed by atoms with van der Waals surface area (Å²) in [5.41, 5.74) is 4.04. The van der Waals surface area contributed by atoms with Crippen LogP contribution in [-0.2, 0) is 24.5 Å². The van der Waals surface area contributed by atoms with Crippen molar-refractivity contribution in [1.29, 1.82) is 0 Å². The molecule has 0 bridgehead atoms. The predicted molar refractivity (Wildman–Crippen MR) is 110 cm³/mol. The van der Waals surface area contributed by atoms with Crippen LogP contribution in [0.3, 0.4) is 0 Å². The van der Waals surface area contributed by atoms with Gasteiger partial charge in [0.1, 0.15) is 0 Å². The number of nitro benzene ring substituents is 1. The number of rotatable bonds is 8. The van der Waals surface area contributed by atoms with Gasteiger partial charge in [-0.25, -0.2) is 0 Å². The molecule has 0 aliphatic rings. The Morgan fingerprint density at radius 1 is 0.966 bits per heavy atom. The van der Waals surface area contributed by atoms with Gasteiger partial charge in [-0.3, -0.25) is 14.9 Å². The highest BCUT2D eigenvalue weighted by Gasteiger charge is 2.14. The quantitative estimate of drug-likeness (QED) is 0.452. The van der Waals surface area contributed by atoms with E-state index in [1.807, 2.05) is 54.6 Å². The first kappa shape index (κ1) is 20.2. The average molecular weight is 390 g/mol. The van der Waals surface area contributed by atoms with Crippen LogP contribution >= 0.6 is 0 Å². The van der Waals surface area contributed by atoms with E-state index in [0.717, 1.165) is 16.7 Å². The molecule has 3 rings (SSSR count). The summed E-state index contributed by atoms with van der Waals surface area (Å²) in [5.74, 6) is -0.266. The van der Waals surface area contributed by atoms with Gasteiger partial charge in [0.05, 0.1) is 18.1 Å². The van der Waals surface area contributed by atoms with E-state index in [1.54, 1.807) is 6.92 Å². The van der Waals surface area contributed by atoms with Crippen molar-refractivity contribution >= 4 is 11.6 Å². The molecule has 0 heterocycles. The van der Waals surface area contributed by atoms with Gasteiger partial charge in [-0.1, -0.05) is 54.6 Å². The first-order chi connectivity index (χ1) is 14.0. The van der Waals surface area contributed by atoms with Crippen LogP contribution < -0.4 is 5.32 Å². The normalized spacial score (nSPS) is 10.5. The largest absolute Gasteiger partial charge is 0.372 e. The fourth-order valence-electron chi connectivity index (χ4n) is 3.01. The van der Waals surface area contributed by atoms with Gasteiger partial charge in [0, 0.05) is 24.2 Å². The summed E-state index contributed by atoms with van der Waals surface area (Å²) in [4.78, 5) is 22.9. The maximum Gasteiger partial charge on any atom is 0.269 e. The minimum Gasteiger partial charge on any atom is -0.372 e. The fraction of sp³-hybridized carbons (Fsp3) is 0.174. The molecule has 0 aromatic heterocycles. The smallest absolute Gasteiger partial charge is 0.269 e. The molecule has 1 N–H and O–H groups in total. The van der Waals surface area contributed by atoms with E-state index in [2.05, 4.69) is 5.32 Å². The Balaban J connectivity index is 1.60. The summed E-state index contributed by atoms with van der Waals surface area (Å²) in [6.07, 6.45) is 0. The SMILES string of the molecule is Cc1cc([N+](=O)[O-])ccc1C(=O)NCc1ccccc1COCc1ccccc1. The van der Waals surface area contributed by atoms with Gasteiger partial charge in [-0.15, -0.1) is 0 Å². The van der Waals surface area contributed by atoms with Gasteiger partial charge in [0.15, 0.2) is 0 Å². The van der Waals surface area contributed by atoms with Crippen LogP contribution in [0, 0.1) is 17.0 Å². The number of non-ortho nitro benzene ring substituents is 1. The lowest BCUT2D eigenvalue weighted by Crippen LogP contribution is -2.24. The second kappa shape index (κ2) is 9.61. The predicted octanol–water partition coefficient (Wildman–Crippen LogP) is 4.55. The molecule has 0 spiro atoms. The fourth-order valence-corrected chi connectivity index (χ4v) is 3.01. The third kappa shape index (κ3) is 5.49. The van der Waals surface area contributed by atoms with Crippen LogP contribution in [0.1, 0.15) is 32.6 Å². The highest BCUT2D eigenvalue weighted by Crippen LogP contribution is 2.18. The number of ether oxygens (including phenoxy) is 1. The number of amides is 1. The standard InChI is InChI=1S/C23H22N2O4/c1-17-13-21(25(27)28)11-12-22(17)23(26)24-14-19-9-5-6-10-20(19)16-29-15-18-7-3-2-4-8-18/h2-13H,14-16H2,1H3,(H,24,26). The lowest BCUT2D eigenvalue weighted by molar-refractivity contribution is -0.384. The lowest BCUT2D eigenvalue weighted by atomic mass is 10.1. The molecule has 0 radical (unpaired) electrons. The summed E-state index contributed by atoms with van der Waals surface area (Å²) in [6, 6.07) is 21.9. The van der Waals surface area contributed by atoms with Crippen molar-refractivity contribution in [3.05, 3.63) is 111 Å². The number of hydrogen-bond donors (Lipinski definition) is 1. The molecule has 1 amide bonds. The number of benzene rings is 3. The molecule has 148 valence electrons. The van der Waals surface area contributed by atoms with Crippen LogP contribution in [0.4, 0.5) is 5.69 Å². The Hall–Kier alpha value is -3.51. The Labute approximate surface area is 169 Å². The van der Waals surface area contributed by atoms with Crippen molar-refractivity contribution in [2.45, 2.75) is 26.7 Å². The Morgan fingerprint density at radius 3 is 2.34 bits per heavy atom. The van der Waals surface area contributed by atoms with E-state index in [9.17, 15) is 14.9 Å². The lowest BCUT2D eigenvalue weighted by Gasteiger charge is -2.12. The van der Waals surface area contributed by atoms with Gasteiger partial charge in [0.2, 0.25) is 0 Å². The number of nitrogens with zero attached hydrogens (tertiary/aromatic N) is 1. The number of carbonyl (C=O) groups excluding carboxylic acids is 1. The summed E-state index contributed by atoms with van der Waals surface area (Å²) in [7, 11) is 0. The molecule has 0 saturated heterocycles. The molecule has 0 unspecified atom stereocenters. The van der Waals surface area contributed by atoms with Crippen molar-refractivity contribution in [3.8, 4) is 0 Å². The number of hydrogen-bond acceptors (Lipinski definition) is 4. The molecular weight excluding hydrogens is 368 g/mol. The summed E-state index contributed by atoms with van der Waals surface area (Å²) >= 11 is 0. The highest BCUT2D eigenvalue weighted by molar-refractivity contribution is 5.95. The van der Waals surface area contributed by atoms with E-state index in [0.29, 0.717) is 30.9 Å². The van der Waals surface area contributed by atoms with Crippen LogP contribution in [-0.4, -0.2) is 10.8 Å². The summed E-state index contributed by atoms with van der Waals surface area (Å²) < 4.78 is 5.82. The molecule has 0 atom stereocenters. The second-order valence-corrected chi connectivity index (χ2v) is 6.69. The minimum atomic E-state index is -0.472. The molecule has 0 fully saturated rings. The van der Waals surface area contributed by atoms with Gasteiger partial charge in [-0.2, -0.15) is 0 Å². The van der Waals surface area contributed by atoms with Gasteiger partial charge in [0.25, 0.3) is 11.6 Å². The van der Waals surface area contributed by atoms with Crippen molar-refractivity contribution in [1.82, 2.24) is 5.32 Å². The molecule has 6 nitrogen and oxygen atoms in total. The molecular formula is C23H22N2O4. The maximum absolute atomic E-state index is 12.5. The first-order valence-corrected chi connectivity index (χ1v) is 9.26. The number of nitrogens with one attached hydrogen (secondary N) is 1. The van der Waals surface area contributed by atoms with Gasteiger partial charge < -0.3 is 10.1 Å². The number of carbonyl (C=O) groups is 1. The number of nitro groups is 1. The first-order valence-electron chi connectivity index (χ1n) is 9.26. The molecule has 0 aliphatic heterocycles. The van der Waals surface area contributed by atoms with Crippen LogP contribution in [0.2, 0.25) is 0 Å². The van der Waals surface area contributed by atoms with Crippen molar-refractivity contribution in [2.24, 2.45) is 0 Å². The van der Waals surface area contributed by atoms with Crippen LogP contribution in [0.5, 0.6) is 0 Å². The van der Waals surface area contributed by atoms with E-state index >= 15 is 0 Å². The zero-order valence-corrected chi connectivity index (χ0v) is 16.1. The van der Waals surface area contributed by atoms with Crippen LogP contribution in [0.15, 0.2) is 72.8 Å². The van der Waals surface area contributed by atoms with Gasteiger partial charge >= 0.3 is 0 Å². The summed E-state index contributed by atoms with van der Waals surface area (Å²) in [5, 5.41) is 13.7. The molecule has 29 heavy (non-hydrogen) atoms. The monoisotopic (exact) mass is 390 g/mol. The van der Waals surface area contributed by atoms with E-state index in [-0.39, 0.29) is 11.6 Å². The highest BCUT2D eigenvalue weighted by atomic mass is 16.6. The van der Waals surface area contributed by atoms with Crippen molar-refractivity contribution in [3.63, 3.8) is 0 Å². The van der Waals surface area contributed by atoms with Gasteiger partial charge in [-0.05, 0) is 35.2 Å². The van der Waals surface area contributed by atoms with E-state index in [1.165, 1.54) is 18.2 Å². The Bertz CT molecular complexity index is 1000. The Morgan fingerprint density at radius 2 is 1.66 bits per heavy atom. The molecule has 0 aliphatic carbocycles. The molecule has 3 aromatic carbocycles. The topological polar surface area (TPSA) is 81.5 Å². The minimum absolute atomic E-state index is 0.0278. The molecule has 0 saturated carbocycles. The second-order valence-electron chi connectivity index (χ2n) is 6.69. The van der Waals surface area contributed by atoms with Crippen molar-refractivity contribution in [2.75, 3.05) is 0 Å². The third-order valence-electron chi connectivity index (χ3n) is 4.59.